The van der Waals surface area contributed by atoms with Crippen LogP contribution in [-0.2, 0) is 0 Å². The van der Waals surface area contributed by atoms with Crippen LogP contribution in [0.5, 0.6) is 17.2 Å². The zero-order chi connectivity index (χ0) is 19.7. The Morgan fingerprint density at radius 1 is 1.14 bits per heavy atom. The molecule has 146 valence electrons. The molecule has 4 rings (SSSR count). The summed E-state index contributed by atoms with van der Waals surface area (Å²) in [6, 6.07) is 10.4. The van der Waals surface area contributed by atoms with Crippen molar-refractivity contribution in [2.24, 2.45) is 0 Å². The summed E-state index contributed by atoms with van der Waals surface area (Å²) in [6.07, 6.45) is 1.69. The van der Waals surface area contributed by atoms with Crippen molar-refractivity contribution in [1.29, 1.82) is 0 Å². The first-order valence-corrected chi connectivity index (χ1v) is 9.49. The van der Waals surface area contributed by atoms with Crippen molar-refractivity contribution in [1.82, 2.24) is 5.32 Å². The van der Waals surface area contributed by atoms with Crippen molar-refractivity contribution in [3.63, 3.8) is 0 Å². The molecular formula is C22H23NO5. The molecule has 0 unspecified atom stereocenters. The predicted molar refractivity (Wildman–Crippen MR) is 105 cm³/mol. The number of carbonyl (C=O) groups excluding carboxylic acids is 1. The fourth-order valence-corrected chi connectivity index (χ4v) is 3.61. The summed E-state index contributed by atoms with van der Waals surface area (Å²) < 4.78 is 17.0. The highest BCUT2D eigenvalue weighted by atomic mass is 16.6. The second-order valence-corrected chi connectivity index (χ2v) is 6.93. The van der Waals surface area contributed by atoms with Gasteiger partial charge < -0.3 is 24.3 Å². The Morgan fingerprint density at radius 2 is 1.93 bits per heavy atom. The van der Waals surface area contributed by atoms with E-state index in [2.05, 4.69) is 12.2 Å². The molecule has 2 N–H and O–H groups in total. The maximum absolute atomic E-state index is 13.1. The maximum atomic E-state index is 13.1. The summed E-state index contributed by atoms with van der Waals surface area (Å²) in [5.41, 5.74) is 1.99. The molecule has 1 aliphatic heterocycles. The Hall–Kier alpha value is -3.15. The summed E-state index contributed by atoms with van der Waals surface area (Å²) in [6.45, 7) is 4.89. The van der Waals surface area contributed by atoms with Gasteiger partial charge in [0.2, 0.25) is 0 Å². The number of carbonyl (C=O) groups is 1. The second-order valence-electron chi connectivity index (χ2n) is 6.93. The molecule has 0 saturated carbocycles. The van der Waals surface area contributed by atoms with E-state index in [0.717, 1.165) is 24.2 Å². The SMILES string of the molecule is CCC[C@H](NC(=O)c1c(C)oc2ccc(O)cc12)c1ccc2c(c1)OCCO2. The average Bonchev–Trinajstić information content (AvgIpc) is 3.02. The number of hydrogen-bond donors (Lipinski definition) is 2. The van der Waals surface area contributed by atoms with Gasteiger partial charge in [0.05, 0.1) is 11.6 Å². The van der Waals surface area contributed by atoms with E-state index in [-0.39, 0.29) is 17.7 Å². The molecule has 1 amide bonds. The Morgan fingerprint density at radius 3 is 2.71 bits per heavy atom. The number of rotatable bonds is 5. The lowest BCUT2D eigenvalue weighted by molar-refractivity contribution is 0.0934. The van der Waals surface area contributed by atoms with Gasteiger partial charge in [-0.1, -0.05) is 19.4 Å². The smallest absolute Gasteiger partial charge is 0.255 e. The highest BCUT2D eigenvalue weighted by Gasteiger charge is 2.23. The first-order chi connectivity index (χ1) is 13.6. The van der Waals surface area contributed by atoms with Gasteiger partial charge in [0, 0.05) is 5.39 Å². The fraction of sp³-hybridized carbons (Fsp3) is 0.318. The van der Waals surface area contributed by atoms with Crippen molar-refractivity contribution in [3.8, 4) is 17.2 Å². The van der Waals surface area contributed by atoms with Gasteiger partial charge in [0.15, 0.2) is 11.5 Å². The van der Waals surface area contributed by atoms with Gasteiger partial charge in [0.25, 0.3) is 5.91 Å². The molecule has 1 aromatic heterocycles. The van der Waals surface area contributed by atoms with Gasteiger partial charge in [-0.2, -0.15) is 0 Å². The molecule has 3 aromatic rings. The summed E-state index contributed by atoms with van der Waals surface area (Å²) in [4.78, 5) is 13.1. The van der Waals surface area contributed by atoms with E-state index in [4.69, 9.17) is 13.9 Å². The van der Waals surface area contributed by atoms with E-state index in [1.54, 1.807) is 25.1 Å². The molecule has 0 saturated heterocycles. The third-order valence-corrected chi connectivity index (χ3v) is 4.93. The number of aromatic hydroxyl groups is 1. The minimum atomic E-state index is -0.227. The molecule has 0 spiro atoms. The number of benzene rings is 2. The molecule has 2 heterocycles. The van der Waals surface area contributed by atoms with Crippen molar-refractivity contribution >= 4 is 16.9 Å². The Kier molecular flexibility index (Phi) is 4.86. The van der Waals surface area contributed by atoms with Crippen molar-refractivity contribution in [2.75, 3.05) is 13.2 Å². The van der Waals surface area contributed by atoms with Gasteiger partial charge in [-0.15, -0.1) is 0 Å². The van der Waals surface area contributed by atoms with Crippen LogP contribution in [0, 0.1) is 6.92 Å². The normalized spacial score (nSPS) is 14.1. The van der Waals surface area contributed by atoms with Gasteiger partial charge in [-0.25, -0.2) is 0 Å². The Balaban J connectivity index is 1.64. The van der Waals surface area contributed by atoms with Gasteiger partial charge in [-0.05, 0) is 49.2 Å². The third-order valence-electron chi connectivity index (χ3n) is 4.93. The second kappa shape index (κ2) is 7.46. The van der Waals surface area contributed by atoms with Gasteiger partial charge in [-0.3, -0.25) is 4.79 Å². The number of nitrogens with one attached hydrogen (secondary N) is 1. The van der Waals surface area contributed by atoms with E-state index in [1.165, 1.54) is 0 Å². The molecule has 28 heavy (non-hydrogen) atoms. The molecule has 0 radical (unpaired) electrons. The molecule has 0 bridgehead atoms. The van der Waals surface area contributed by atoms with Crippen LogP contribution >= 0.6 is 0 Å². The number of phenolic OH excluding ortho intramolecular Hbond substituents is 1. The molecule has 1 aliphatic rings. The Labute approximate surface area is 163 Å². The minimum absolute atomic E-state index is 0.0966. The predicted octanol–water partition coefficient (Wildman–Crippen LogP) is 4.49. The average molecular weight is 381 g/mol. The van der Waals surface area contributed by atoms with Crippen LogP contribution in [0.3, 0.4) is 0 Å². The molecule has 1 atom stereocenters. The Bertz CT molecular complexity index is 1020. The molecule has 2 aromatic carbocycles. The number of ether oxygens (including phenoxy) is 2. The molecule has 6 heteroatoms. The number of hydrogen-bond acceptors (Lipinski definition) is 5. The van der Waals surface area contributed by atoms with Gasteiger partial charge >= 0.3 is 0 Å². The standard InChI is InChI=1S/C22H23NO5/c1-3-4-17(14-5-7-19-20(11-14)27-10-9-26-19)23-22(25)21-13(2)28-18-8-6-15(24)12-16(18)21/h5-8,11-12,17,24H,3-4,9-10H2,1-2H3,(H,23,25)/t17-/m0/s1. The van der Waals surface area contributed by atoms with E-state index < -0.39 is 0 Å². The lowest BCUT2D eigenvalue weighted by atomic mass is 10.0. The number of furan rings is 1. The van der Waals surface area contributed by atoms with E-state index in [9.17, 15) is 9.90 Å². The van der Waals surface area contributed by atoms with Crippen LogP contribution in [0.2, 0.25) is 0 Å². The highest BCUT2D eigenvalue weighted by molar-refractivity contribution is 6.07. The lowest BCUT2D eigenvalue weighted by Crippen LogP contribution is -2.29. The van der Waals surface area contributed by atoms with Crippen LogP contribution in [-0.4, -0.2) is 24.2 Å². The van der Waals surface area contributed by atoms with E-state index >= 15 is 0 Å². The highest BCUT2D eigenvalue weighted by Crippen LogP contribution is 2.34. The number of aryl methyl sites for hydroxylation is 1. The van der Waals surface area contributed by atoms with Crippen LogP contribution in [0.15, 0.2) is 40.8 Å². The van der Waals surface area contributed by atoms with Crippen LogP contribution in [0.25, 0.3) is 11.0 Å². The van der Waals surface area contributed by atoms with Crippen molar-refractivity contribution in [3.05, 3.63) is 53.3 Å². The largest absolute Gasteiger partial charge is 0.508 e. The number of phenols is 1. The summed E-state index contributed by atoms with van der Waals surface area (Å²) in [5.74, 6) is 1.82. The van der Waals surface area contributed by atoms with Crippen LogP contribution in [0.4, 0.5) is 0 Å². The first kappa shape index (κ1) is 18.2. The molecular weight excluding hydrogens is 358 g/mol. The topological polar surface area (TPSA) is 80.9 Å². The summed E-state index contributed by atoms with van der Waals surface area (Å²) >= 11 is 0. The maximum Gasteiger partial charge on any atom is 0.255 e. The van der Waals surface area contributed by atoms with Crippen LogP contribution in [0.1, 0.15) is 47.5 Å². The number of amides is 1. The molecule has 0 aliphatic carbocycles. The number of fused-ring (bicyclic) bond motifs is 2. The zero-order valence-electron chi connectivity index (χ0n) is 16.0. The van der Waals surface area contributed by atoms with Crippen molar-refractivity contribution < 1.29 is 23.8 Å². The minimum Gasteiger partial charge on any atom is -0.508 e. The van der Waals surface area contributed by atoms with Gasteiger partial charge in [0.1, 0.15) is 30.3 Å². The summed E-state index contributed by atoms with van der Waals surface area (Å²) in [7, 11) is 0. The van der Waals surface area contributed by atoms with E-state index in [0.29, 0.717) is 41.3 Å². The van der Waals surface area contributed by atoms with Crippen molar-refractivity contribution in [2.45, 2.75) is 32.7 Å². The van der Waals surface area contributed by atoms with E-state index in [1.807, 2.05) is 18.2 Å². The third kappa shape index (κ3) is 3.38. The fourth-order valence-electron chi connectivity index (χ4n) is 3.61. The zero-order valence-corrected chi connectivity index (χ0v) is 16.0. The van der Waals surface area contributed by atoms with Crippen LogP contribution < -0.4 is 14.8 Å². The first-order valence-electron chi connectivity index (χ1n) is 9.49. The molecule has 6 nitrogen and oxygen atoms in total. The quantitative estimate of drug-likeness (QED) is 0.681. The summed E-state index contributed by atoms with van der Waals surface area (Å²) in [5, 5.41) is 13.5. The monoisotopic (exact) mass is 381 g/mol. The molecule has 0 fully saturated rings. The lowest BCUT2D eigenvalue weighted by Gasteiger charge is -2.23.